The molecule has 10 heteroatoms. The van der Waals surface area contributed by atoms with Gasteiger partial charge in [0.25, 0.3) is 11.8 Å². The molecule has 0 saturated carbocycles. The minimum absolute atomic E-state index is 0.0279. The van der Waals surface area contributed by atoms with Crippen LogP contribution in [-0.2, 0) is 15.8 Å². The molecule has 0 radical (unpaired) electrons. The number of nitrogens with one attached hydrogen (secondary N) is 3. The normalized spacial score (nSPS) is 12.3. The molecule has 3 amide bonds. The van der Waals surface area contributed by atoms with Gasteiger partial charge in [0.05, 0.1) is 10.8 Å². The largest absolute Gasteiger partial charge is 0.416 e. The first-order valence-corrected chi connectivity index (χ1v) is 15.6. The van der Waals surface area contributed by atoms with E-state index < -0.39 is 34.7 Å². The fourth-order valence-electron chi connectivity index (χ4n) is 4.80. The molecule has 6 nitrogen and oxygen atoms in total. The highest BCUT2D eigenvalue weighted by Crippen LogP contribution is 2.32. The molecule has 0 aliphatic heterocycles. The van der Waals surface area contributed by atoms with Crippen LogP contribution in [0.15, 0.2) is 132 Å². The Labute approximate surface area is 274 Å². The van der Waals surface area contributed by atoms with Crippen LogP contribution in [0.3, 0.4) is 0 Å². The number of anilines is 2. The molecule has 5 aromatic rings. The van der Waals surface area contributed by atoms with Crippen molar-refractivity contribution in [1.29, 1.82) is 0 Å². The Morgan fingerprint density at radius 3 is 2.17 bits per heavy atom. The molecule has 0 spiro atoms. The number of benzene rings is 5. The summed E-state index contributed by atoms with van der Waals surface area (Å²) >= 11 is 1.22. The summed E-state index contributed by atoms with van der Waals surface area (Å²) in [5.41, 5.74) is 0.771. The quantitative estimate of drug-likeness (QED) is 0.104. The molecule has 5 aromatic carbocycles. The van der Waals surface area contributed by atoms with Gasteiger partial charge in [-0.25, -0.2) is 0 Å². The third-order valence-corrected chi connectivity index (χ3v) is 8.50. The van der Waals surface area contributed by atoms with E-state index in [9.17, 15) is 27.6 Å². The van der Waals surface area contributed by atoms with Crippen LogP contribution in [0.1, 0.15) is 34.8 Å². The highest BCUT2D eigenvalue weighted by Gasteiger charge is 2.30. The Bertz CT molecular complexity index is 1940. The third kappa shape index (κ3) is 8.68. The first-order valence-electron chi connectivity index (χ1n) is 14.7. The van der Waals surface area contributed by atoms with Crippen molar-refractivity contribution in [2.75, 3.05) is 10.6 Å². The monoisotopic (exact) mass is 653 g/mol. The summed E-state index contributed by atoms with van der Waals surface area (Å²) in [7, 11) is 0. The van der Waals surface area contributed by atoms with Gasteiger partial charge < -0.3 is 16.0 Å². The summed E-state index contributed by atoms with van der Waals surface area (Å²) in [5, 5.41) is 9.44. The Hall–Kier alpha value is -5.35. The predicted molar refractivity (Wildman–Crippen MR) is 181 cm³/mol. The van der Waals surface area contributed by atoms with Crippen molar-refractivity contribution in [1.82, 2.24) is 5.32 Å². The second-order valence-corrected chi connectivity index (χ2v) is 11.8. The van der Waals surface area contributed by atoms with Crippen LogP contribution >= 0.6 is 11.8 Å². The zero-order chi connectivity index (χ0) is 33.4. The molecule has 0 aliphatic carbocycles. The zero-order valence-electron chi connectivity index (χ0n) is 25.2. The molecule has 0 heterocycles. The van der Waals surface area contributed by atoms with E-state index in [1.807, 2.05) is 42.5 Å². The molecule has 5 rings (SSSR count). The number of rotatable bonds is 10. The van der Waals surface area contributed by atoms with Crippen molar-refractivity contribution < 1.29 is 27.6 Å². The molecular weight excluding hydrogens is 623 g/mol. The summed E-state index contributed by atoms with van der Waals surface area (Å²) in [6, 6.07) is 33.3. The zero-order valence-corrected chi connectivity index (χ0v) is 26.0. The topological polar surface area (TPSA) is 87.3 Å². The van der Waals surface area contributed by atoms with Gasteiger partial charge in [-0.15, -0.1) is 11.8 Å². The van der Waals surface area contributed by atoms with E-state index in [2.05, 4.69) is 16.0 Å². The molecule has 0 fully saturated rings. The SMILES string of the molecule is CCC(Sc1cccc(NC(=O)/C(=C\c2cccc3ccccc23)NC(=O)c2ccccc2)c1)C(=O)Nc1cccc(C(F)(F)F)c1. The Kier molecular flexibility index (Phi) is 10.4. The standard InChI is InChI=1S/C37H30F3N3O3S/c1-2-33(36(46)42-28-17-9-16-27(22-28)37(38,39)40)47-30-19-10-18-29(23-30)41-35(45)32(43-34(44)25-12-4-3-5-13-25)21-26-15-8-14-24-11-6-7-20-31(24)26/h3-23,33H,2H2,1H3,(H,41,45)(H,42,46)(H,43,44)/b32-21+. The van der Waals surface area contributed by atoms with Crippen LogP contribution < -0.4 is 16.0 Å². The maximum Gasteiger partial charge on any atom is 0.416 e. The molecule has 0 saturated heterocycles. The van der Waals surface area contributed by atoms with Crippen LogP contribution in [0.4, 0.5) is 24.5 Å². The molecule has 3 N–H and O–H groups in total. The number of fused-ring (bicyclic) bond motifs is 1. The number of hydrogen-bond donors (Lipinski definition) is 3. The maximum atomic E-state index is 13.7. The minimum Gasteiger partial charge on any atom is -0.325 e. The number of carbonyl (C=O) groups is 3. The van der Waals surface area contributed by atoms with Crippen molar-refractivity contribution in [3.8, 4) is 0 Å². The van der Waals surface area contributed by atoms with Gasteiger partial charge in [-0.05, 0) is 77.4 Å². The van der Waals surface area contributed by atoms with Crippen LogP contribution in [0.2, 0.25) is 0 Å². The molecule has 0 bridgehead atoms. The second kappa shape index (κ2) is 14.8. The molecule has 0 aromatic heterocycles. The first kappa shape index (κ1) is 33.0. The van der Waals surface area contributed by atoms with Crippen molar-refractivity contribution in [2.24, 2.45) is 0 Å². The van der Waals surface area contributed by atoms with E-state index in [-0.39, 0.29) is 11.4 Å². The molecule has 47 heavy (non-hydrogen) atoms. The van der Waals surface area contributed by atoms with Crippen LogP contribution in [0, 0.1) is 0 Å². The third-order valence-electron chi connectivity index (χ3n) is 7.14. The van der Waals surface area contributed by atoms with Crippen LogP contribution in [0.5, 0.6) is 0 Å². The summed E-state index contributed by atoms with van der Waals surface area (Å²) in [5.74, 6) is -1.46. The maximum absolute atomic E-state index is 13.7. The number of halogens is 3. The number of hydrogen-bond acceptors (Lipinski definition) is 4. The van der Waals surface area contributed by atoms with Gasteiger partial charge in [-0.1, -0.05) is 79.7 Å². The highest BCUT2D eigenvalue weighted by molar-refractivity contribution is 8.00. The Balaban J connectivity index is 1.35. The lowest BCUT2D eigenvalue weighted by molar-refractivity contribution is -0.137. The summed E-state index contributed by atoms with van der Waals surface area (Å²) in [6.07, 6.45) is -2.50. The fourth-order valence-corrected chi connectivity index (χ4v) is 5.82. The molecule has 1 atom stereocenters. The first-order chi connectivity index (χ1) is 22.6. The van der Waals surface area contributed by atoms with Gasteiger partial charge in [0, 0.05) is 21.8 Å². The lowest BCUT2D eigenvalue weighted by Gasteiger charge is -2.16. The molecule has 0 aliphatic rings. The van der Waals surface area contributed by atoms with E-state index in [4.69, 9.17) is 0 Å². The van der Waals surface area contributed by atoms with Gasteiger partial charge in [0.2, 0.25) is 5.91 Å². The van der Waals surface area contributed by atoms with Gasteiger partial charge in [-0.2, -0.15) is 13.2 Å². The van der Waals surface area contributed by atoms with Crippen molar-refractivity contribution >= 4 is 57.7 Å². The van der Waals surface area contributed by atoms with Gasteiger partial charge >= 0.3 is 6.18 Å². The minimum atomic E-state index is -4.53. The average Bonchev–Trinajstić information content (AvgIpc) is 3.07. The lowest BCUT2D eigenvalue weighted by atomic mass is 10.0. The summed E-state index contributed by atoms with van der Waals surface area (Å²) in [6.45, 7) is 1.80. The smallest absolute Gasteiger partial charge is 0.325 e. The van der Waals surface area contributed by atoms with E-state index in [1.54, 1.807) is 67.6 Å². The van der Waals surface area contributed by atoms with Gasteiger partial charge in [0.15, 0.2) is 0 Å². The van der Waals surface area contributed by atoms with E-state index in [0.29, 0.717) is 22.6 Å². The Morgan fingerprint density at radius 2 is 1.43 bits per heavy atom. The van der Waals surface area contributed by atoms with Crippen molar-refractivity contribution in [2.45, 2.75) is 29.7 Å². The number of alkyl halides is 3. The van der Waals surface area contributed by atoms with Crippen LogP contribution in [-0.4, -0.2) is 23.0 Å². The van der Waals surface area contributed by atoms with E-state index >= 15 is 0 Å². The number of carbonyl (C=O) groups excluding carboxylic acids is 3. The highest BCUT2D eigenvalue weighted by atomic mass is 32.2. The van der Waals surface area contributed by atoms with Crippen LogP contribution in [0.25, 0.3) is 16.8 Å². The lowest BCUT2D eigenvalue weighted by Crippen LogP contribution is -2.30. The summed E-state index contributed by atoms with van der Waals surface area (Å²) < 4.78 is 39.4. The average molecular weight is 654 g/mol. The predicted octanol–water partition coefficient (Wildman–Crippen LogP) is 8.78. The number of thioether (sulfide) groups is 1. The van der Waals surface area contributed by atoms with Crippen molar-refractivity contribution in [3.63, 3.8) is 0 Å². The summed E-state index contributed by atoms with van der Waals surface area (Å²) in [4.78, 5) is 40.5. The van der Waals surface area contributed by atoms with Crippen molar-refractivity contribution in [3.05, 3.63) is 144 Å². The van der Waals surface area contributed by atoms with Gasteiger partial charge in [0.1, 0.15) is 5.70 Å². The van der Waals surface area contributed by atoms with Gasteiger partial charge in [-0.3, -0.25) is 14.4 Å². The molecule has 238 valence electrons. The molecular formula is C37H30F3N3O3S. The number of amides is 3. The Morgan fingerprint density at radius 1 is 0.766 bits per heavy atom. The molecule has 1 unspecified atom stereocenters. The van der Waals surface area contributed by atoms with E-state index in [0.717, 1.165) is 28.5 Å². The second-order valence-electron chi connectivity index (χ2n) is 10.5. The van der Waals surface area contributed by atoms with E-state index in [1.165, 1.54) is 23.9 Å². The fraction of sp³-hybridized carbons (Fsp3) is 0.108.